The van der Waals surface area contributed by atoms with Gasteiger partial charge in [0.15, 0.2) is 0 Å². The minimum Gasteiger partial charge on any atom is -0.497 e. The van der Waals surface area contributed by atoms with E-state index < -0.39 is 0 Å². The van der Waals surface area contributed by atoms with E-state index in [0.717, 1.165) is 32.8 Å². The molecule has 3 nitrogen and oxygen atoms in total. The van der Waals surface area contributed by atoms with Crippen molar-refractivity contribution in [2.24, 2.45) is 0 Å². The first kappa shape index (κ1) is 14.5. The van der Waals surface area contributed by atoms with Crippen molar-refractivity contribution in [3.05, 3.63) is 50.1 Å². The van der Waals surface area contributed by atoms with E-state index in [-0.39, 0.29) is 0 Å². The minimum atomic E-state index is 0.538. The Labute approximate surface area is 131 Å². The molecule has 19 heavy (non-hydrogen) atoms. The Hall–Kier alpha value is -0.880. The third kappa shape index (κ3) is 3.57. The van der Waals surface area contributed by atoms with Gasteiger partial charge in [-0.3, -0.25) is 0 Å². The first-order valence-electron chi connectivity index (χ1n) is 5.97. The van der Waals surface area contributed by atoms with Crippen molar-refractivity contribution in [3.8, 4) is 5.75 Å². The van der Waals surface area contributed by atoms with Gasteiger partial charge in [0.2, 0.25) is 0 Å². The lowest BCUT2D eigenvalue weighted by Crippen LogP contribution is -2.03. The van der Waals surface area contributed by atoms with Gasteiger partial charge in [0, 0.05) is 6.42 Å². The van der Waals surface area contributed by atoms with Crippen molar-refractivity contribution in [2.75, 3.05) is 7.11 Å². The Bertz CT molecular complexity index is 572. The molecule has 0 spiro atoms. The maximum Gasteiger partial charge on any atom is 0.146 e. The van der Waals surface area contributed by atoms with Gasteiger partial charge in [0.05, 0.1) is 16.4 Å². The highest BCUT2D eigenvalue weighted by Crippen LogP contribution is 2.21. The number of benzene rings is 1. The van der Waals surface area contributed by atoms with Gasteiger partial charge in [-0.1, -0.05) is 30.7 Å². The van der Waals surface area contributed by atoms with Crippen LogP contribution < -0.4 is 4.74 Å². The van der Waals surface area contributed by atoms with E-state index in [0.29, 0.717) is 11.6 Å². The standard InChI is InChI=1S/C14H14ClIN2O/c1-3-11-13(16)14(15)18-12(17-11)8-9-4-6-10(19-2)7-5-9/h4-7H,3,8H2,1-2H3. The zero-order valence-electron chi connectivity index (χ0n) is 10.8. The van der Waals surface area contributed by atoms with Gasteiger partial charge in [0.1, 0.15) is 16.7 Å². The first-order chi connectivity index (χ1) is 9.13. The van der Waals surface area contributed by atoms with Crippen LogP contribution in [0.1, 0.15) is 24.0 Å². The molecule has 1 heterocycles. The molecule has 100 valence electrons. The Balaban J connectivity index is 2.25. The Kier molecular flexibility index (Phi) is 4.99. The predicted octanol–water partition coefficient (Wildman–Crippen LogP) is 3.90. The van der Waals surface area contributed by atoms with Crippen molar-refractivity contribution >= 4 is 34.2 Å². The topological polar surface area (TPSA) is 35.0 Å². The minimum absolute atomic E-state index is 0.538. The number of nitrogens with zero attached hydrogens (tertiary/aromatic N) is 2. The maximum absolute atomic E-state index is 6.13. The highest BCUT2D eigenvalue weighted by molar-refractivity contribution is 14.1. The normalized spacial score (nSPS) is 10.5. The molecule has 0 aliphatic heterocycles. The Morgan fingerprint density at radius 3 is 2.47 bits per heavy atom. The molecule has 2 rings (SSSR count). The molecule has 0 amide bonds. The summed E-state index contributed by atoms with van der Waals surface area (Å²) >= 11 is 8.32. The first-order valence-corrected chi connectivity index (χ1v) is 7.43. The molecule has 0 saturated carbocycles. The highest BCUT2D eigenvalue weighted by atomic mass is 127. The highest BCUT2D eigenvalue weighted by Gasteiger charge is 2.09. The third-order valence-corrected chi connectivity index (χ3v) is 4.51. The van der Waals surface area contributed by atoms with Crippen LogP contribution in [0.15, 0.2) is 24.3 Å². The second-order valence-electron chi connectivity index (χ2n) is 4.07. The monoisotopic (exact) mass is 388 g/mol. The molecule has 0 unspecified atom stereocenters. The molecule has 0 saturated heterocycles. The van der Waals surface area contributed by atoms with Gasteiger partial charge in [0.25, 0.3) is 0 Å². The maximum atomic E-state index is 6.13. The molecule has 1 aromatic carbocycles. The van der Waals surface area contributed by atoms with Crippen molar-refractivity contribution in [1.29, 1.82) is 0 Å². The van der Waals surface area contributed by atoms with E-state index in [9.17, 15) is 0 Å². The van der Waals surface area contributed by atoms with E-state index in [1.807, 2.05) is 24.3 Å². The zero-order chi connectivity index (χ0) is 13.8. The average Bonchev–Trinajstić information content (AvgIpc) is 2.43. The molecule has 0 bridgehead atoms. The summed E-state index contributed by atoms with van der Waals surface area (Å²) in [6, 6.07) is 7.90. The second kappa shape index (κ2) is 6.52. The molecule has 2 aromatic rings. The van der Waals surface area contributed by atoms with Crippen LogP contribution >= 0.6 is 34.2 Å². The number of aromatic nitrogens is 2. The summed E-state index contributed by atoms with van der Waals surface area (Å²) in [5.41, 5.74) is 2.14. The molecule has 5 heteroatoms. The summed E-state index contributed by atoms with van der Waals surface area (Å²) in [5, 5.41) is 0.538. The third-order valence-electron chi connectivity index (χ3n) is 2.78. The number of aryl methyl sites for hydroxylation is 1. The lowest BCUT2D eigenvalue weighted by Gasteiger charge is -2.07. The number of hydrogen-bond acceptors (Lipinski definition) is 3. The largest absolute Gasteiger partial charge is 0.497 e. The molecule has 0 N–H and O–H groups in total. The van der Waals surface area contributed by atoms with Crippen LogP contribution in [-0.4, -0.2) is 17.1 Å². The molecular formula is C14H14ClIN2O. The van der Waals surface area contributed by atoms with E-state index in [1.54, 1.807) is 7.11 Å². The predicted molar refractivity (Wildman–Crippen MR) is 84.9 cm³/mol. The fourth-order valence-corrected chi connectivity index (χ4v) is 2.58. The summed E-state index contributed by atoms with van der Waals surface area (Å²) in [5.74, 6) is 1.60. The van der Waals surface area contributed by atoms with Gasteiger partial charge in [-0.05, 0) is 46.7 Å². The number of methoxy groups -OCH3 is 1. The average molecular weight is 389 g/mol. The summed E-state index contributed by atoms with van der Waals surface area (Å²) in [6.07, 6.45) is 1.53. The van der Waals surface area contributed by atoms with Crippen molar-refractivity contribution in [3.63, 3.8) is 0 Å². The smallest absolute Gasteiger partial charge is 0.146 e. The van der Waals surface area contributed by atoms with Crippen LogP contribution in [0.3, 0.4) is 0 Å². The molecule has 1 aromatic heterocycles. The van der Waals surface area contributed by atoms with Crippen LogP contribution in [0.4, 0.5) is 0 Å². The molecule has 0 atom stereocenters. The van der Waals surface area contributed by atoms with E-state index in [4.69, 9.17) is 16.3 Å². The fourth-order valence-electron chi connectivity index (χ4n) is 1.75. The van der Waals surface area contributed by atoms with Gasteiger partial charge in [-0.2, -0.15) is 0 Å². The summed E-state index contributed by atoms with van der Waals surface area (Å²) in [4.78, 5) is 8.89. The zero-order valence-corrected chi connectivity index (χ0v) is 13.7. The van der Waals surface area contributed by atoms with Crippen LogP contribution in [0.25, 0.3) is 0 Å². The van der Waals surface area contributed by atoms with Crippen LogP contribution in [0, 0.1) is 3.57 Å². The quantitative estimate of drug-likeness (QED) is 0.589. The van der Waals surface area contributed by atoms with Gasteiger partial charge < -0.3 is 4.74 Å². The van der Waals surface area contributed by atoms with Gasteiger partial charge >= 0.3 is 0 Å². The number of rotatable bonds is 4. The van der Waals surface area contributed by atoms with Crippen LogP contribution in [-0.2, 0) is 12.8 Å². The van der Waals surface area contributed by atoms with Crippen molar-refractivity contribution in [2.45, 2.75) is 19.8 Å². The lowest BCUT2D eigenvalue weighted by molar-refractivity contribution is 0.414. The number of hydrogen-bond donors (Lipinski definition) is 0. The molecular weight excluding hydrogens is 375 g/mol. The van der Waals surface area contributed by atoms with E-state index >= 15 is 0 Å². The molecule has 0 aliphatic carbocycles. The summed E-state index contributed by atoms with van der Waals surface area (Å²) in [7, 11) is 1.66. The van der Waals surface area contributed by atoms with E-state index in [1.165, 1.54) is 0 Å². The van der Waals surface area contributed by atoms with Crippen LogP contribution in [0.2, 0.25) is 5.15 Å². The molecule has 0 aliphatic rings. The summed E-state index contributed by atoms with van der Waals surface area (Å²) < 4.78 is 6.08. The number of ether oxygens (including phenoxy) is 1. The van der Waals surface area contributed by atoms with Crippen molar-refractivity contribution in [1.82, 2.24) is 9.97 Å². The number of halogens is 2. The van der Waals surface area contributed by atoms with Crippen molar-refractivity contribution < 1.29 is 4.74 Å². The lowest BCUT2D eigenvalue weighted by atomic mass is 10.1. The molecule has 0 fully saturated rings. The SMILES string of the molecule is CCc1nc(Cc2ccc(OC)cc2)nc(Cl)c1I. The Morgan fingerprint density at radius 1 is 1.21 bits per heavy atom. The Morgan fingerprint density at radius 2 is 1.89 bits per heavy atom. The second-order valence-corrected chi connectivity index (χ2v) is 5.51. The van der Waals surface area contributed by atoms with E-state index in [2.05, 4.69) is 39.5 Å². The fraction of sp³-hybridized carbons (Fsp3) is 0.286. The van der Waals surface area contributed by atoms with Gasteiger partial charge in [-0.15, -0.1) is 0 Å². The van der Waals surface area contributed by atoms with Gasteiger partial charge in [-0.25, -0.2) is 9.97 Å². The summed E-state index contributed by atoms with van der Waals surface area (Å²) in [6.45, 7) is 2.07. The van der Waals surface area contributed by atoms with Crippen LogP contribution in [0.5, 0.6) is 5.75 Å². The molecule has 0 radical (unpaired) electrons.